The van der Waals surface area contributed by atoms with Crippen LogP contribution in [0.5, 0.6) is 0 Å². The first kappa shape index (κ1) is 34.2. The van der Waals surface area contributed by atoms with Crippen molar-refractivity contribution in [1.29, 1.82) is 0 Å². The van der Waals surface area contributed by atoms with Crippen molar-refractivity contribution < 1.29 is 0 Å². The molecule has 0 saturated heterocycles. The fourth-order valence-electron chi connectivity index (χ4n) is 6.15. The molecule has 50 heavy (non-hydrogen) atoms. The van der Waals surface area contributed by atoms with Crippen LogP contribution in [0.2, 0.25) is 0 Å². The number of hydrogen-bond acceptors (Lipinski definition) is 0. The van der Waals surface area contributed by atoms with Gasteiger partial charge in [0, 0.05) is 0 Å². The SMILES string of the molecule is Cc1ccc(-c2ccc(-c3ccc(C)cc3)cc2)cc1.Cc1ccc(-c2ccc(C)cc2)cc1.Cc1ccc2c(ccc3cc(C)ccc32)c1. The van der Waals surface area contributed by atoms with E-state index in [2.05, 4.69) is 211 Å². The Morgan fingerprint density at radius 2 is 0.400 bits per heavy atom. The highest BCUT2D eigenvalue weighted by atomic mass is 14.1. The molecule has 0 aliphatic heterocycles. The molecule has 0 saturated carbocycles. The summed E-state index contributed by atoms with van der Waals surface area (Å²) in [4.78, 5) is 0. The molecule has 0 heteroatoms. The topological polar surface area (TPSA) is 0 Å². The zero-order chi connectivity index (χ0) is 35.0. The lowest BCUT2D eigenvalue weighted by Crippen LogP contribution is -1.81. The molecule has 0 spiro atoms. The molecule has 0 radical (unpaired) electrons. The van der Waals surface area contributed by atoms with E-state index >= 15 is 0 Å². The molecule has 0 fully saturated rings. The van der Waals surface area contributed by atoms with Gasteiger partial charge in [-0.2, -0.15) is 0 Å². The van der Waals surface area contributed by atoms with Gasteiger partial charge in [0.25, 0.3) is 0 Å². The van der Waals surface area contributed by atoms with Gasteiger partial charge < -0.3 is 0 Å². The minimum Gasteiger partial charge on any atom is -0.0587 e. The molecule has 0 aliphatic carbocycles. The maximum Gasteiger partial charge on any atom is -0.0105 e. The number of benzene rings is 8. The second-order valence-corrected chi connectivity index (χ2v) is 13.6. The molecule has 246 valence electrons. The van der Waals surface area contributed by atoms with Crippen molar-refractivity contribution >= 4 is 21.5 Å². The molecule has 0 heterocycles. The first-order valence-corrected chi connectivity index (χ1v) is 17.5. The summed E-state index contributed by atoms with van der Waals surface area (Å²) >= 11 is 0. The number of aryl methyl sites for hydroxylation is 6. The van der Waals surface area contributed by atoms with Crippen LogP contribution >= 0.6 is 0 Å². The highest BCUT2D eigenvalue weighted by Crippen LogP contribution is 2.28. The van der Waals surface area contributed by atoms with Crippen LogP contribution < -0.4 is 0 Å². The Bertz CT molecular complexity index is 2140. The predicted octanol–water partition coefficient (Wildman–Crippen LogP) is 14.2. The number of hydrogen-bond donors (Lipinski definition) is 0. The van der Waals surface area contributed by atoms with Crippen LogP contribution in [0.15, 0.2) is 170 Å². The Labute approximate surface area is 298 Å². The van der Waals surface area contributed by atoms with E-state index < -0.39 is 0 Å². The quantitative estimate of drug-likeness (QED) is 0.168. The summed E-state index contributed by atoms with van der Waals surface area (Å²) in [7, 11) is 0. The van der Waals surface area contributed by atoms with E-state index in [0.717, 1.165) is 0 Å². The van der Waals surface area contributed by atoms with Gasteiger partial charge in [-0.15, -0.1) is 0 Å². The maximum absolute atomic E-state index is 2.24. The van der Waals surface area contributed by atoms with Crippen LogP contribution in [0.3, 0.4) is 0 Å². The largest absolute Gasteiger partial charge is 0.0587 e. The zero-order valence-electron chi connectivity index (χ0n) is 30.2. The minimum atomic E-state index is 1.26. The van der Waals surface area contributed by atoms with Gasteiger partial charge in [-0.3, -0.25) is 0 Å². The van der Waals surface area contributed by atoms with Crippen molar-refractivity contribution in [3.8, 4) is 33.4 Å². The van der Waals surface area contributed by atoms with Crippen LogP contribution in [0, 0.1) is 41.5 Å². The van der Waals surface area contributed by atoms with E-state index in [1.54, 1.807) is 0 Å². The van der Waals surface area contributed by atoms with Gasteiger partial charge in [-0.25, -0.2) is 0 Å². The van der Waals surface area contributed by atoms with E-state index in [-0.39, 0.29) is 0 Å². The zero-order valence-corrected chi connectivity index (χ0v) is 30.2. The summed E-state index contributed by atoms with van der Waals surface area (Å²) in [6.45, 7) is 12.7. The van der Waals surface area contributed by atoms with Crippen molar-refractivity contribution in [2.24, 2.45) is 0 Å². The fraction of sp³-hybridized carbons (Fsp3) is 0.120. The Morgan fingerprint density at radius 1 is 0.200 bits per heavy atom. The molecule has 8 aromatic rings. The minimum absolute atomic E-state index is 1.26. The normalized spacial score (nSPS) is 10.6. The third kappa shape index (κ3) is 8.65. The van der Waals surface area contributed by atoms with Crippen molar-refractivity contribution in [3.63, 3.8) is 0 Å². The van der Waals surface area contributed by atoms with E-state index in [1.165, 1.54) is 88.3 Å². The summed E-state index contributed by atoms with van der Waals surface area (Å²) in [6.07, 6.45) is 0. The van der Waals surface area contributed by atoms with Crippen molar-refractivity contribution in [2.45, 2.75) is 41.5 Å². The van der Waals surface area contributed by atoms with Crippen molar-refractivity contribution in [2.75, 3.05) is 0 Å². The van der Waals surface area contributed by atoms with Crippen molar-refractivity contribution in [1.82, 2.24) is 0 Å². The third-order valence-electron chi connectivity index (χ3n) is 9.24. The Morgan fingerprint density at radius 3 is 0.640 bits per heavy atom. The Hall–Kier alpha value is -5.72. The third-order valence-corrected chi connectivity index (χ3v) is 9.24. The molecule has 0 atom stereocenters. The first-order valence-electron chi connectivity index (χ1n) is 17.5. The molecule has 0 N–H and O–H groups in total. The summed E-state index contributed by atoms with van der Waals surface area (Å²) in [5.41, 5.74) is 15.5. The van der Waals surface area contributed by atoms with Crippen LogP contribution in [0.4, 0.5) is 0 Å². The standard InChI is InChI=1S/C20H18.C16H14.C14H14/c1-15-3-7-17(8-4-15)19-11-13-20(14-12-19)18-9-5-16(2)6-10-18;1-11-3-7-15-13(9-11)5-6-14-10-12(2)4-8-16(14)15;1-11-3-7-13(8-4-11)14-9-5-12(2)6-10-14/h3-14H,1-2H3;3-10H,1-2H3;3-10H,1-2H3. The highest BCUT2D eigenvalue weighted by molar-refractivity contribution is 6.07. The molecule has 0 unspecified atom stereocenters. The molecule has 0 aromatic heterocycles. The van der Waals surface area contributed by atoms with Crippen LogP contribution in [-0.2, 0) is 0 Å². The van der Waals surface area contributed by atoms with Gasteiger partial charge in [0.15, 0.2) is 0 Å². The van der Waals surface area contributed by atoms with Gasteiger partial charge in [-0.05, 0) is 96.5 Å². The summed E-state index contributed by atoms with van der Waals surface area (Å²) in [5, 5.41) is 5.36. The summed E-state index contributed by atoms with van der Waals surface area (Å²) < 4.78 is 0. The molecule has 0 amide bonds. The van der Waals surface area contributed by atoms with Crippen LogP contribution in [0.1, 0.15) is 33.4 Å². The second-order valence-electron chi connectivity index (χ2n) is 13.6. The van der Waals surface area contributed by atoms with Gasteiger partial charge in [-0.1, -0.05) is 203 Å². The first-order chi connectivity index (χ1) is 24.2. The average Bonchev–Trinajstić information content (AvgIpc) is 3.13. The Balaban J connectivity index is 0.000000132. The molecular weight excluding hydrogens is 601 g/mol. The van der Waals surface area contributed by atoms with E-state index in [0.29, 0.717) is 0 Å². The number of rotatable bonds is 3. The lowest BCUT2D eigenvalue weighted by Gasteiger charge is -2.06. The van der Waals surface area contributed by atoms with Crippen LogP contribution in [0.25, 0.3) is 54.9 Å². The second kappa shape index (κ2) is 15.7. The smallest absolute Gasteiger partial charge is 0.0105 e. The van der Waals surface area contributed by atoms with Crippen LogP contribution in [-0.4, -0.2) is 0 Å². The molecule has 0 bridgehead atoms. The molecular formula is C50H46. The molecule has 8 rings (SSSR count). The predicted molar refractivity (Wildman–Crippen MR) is 219 cm³/mol. The molecule has 0 aliphatic rings. The lowest BCUT2D eigenvalue weighted by molar-refractivity contribution is 1.45. The maximum atomic E-state index is 2.24. The van der Waals surface area contributed by atoms with E-state index in [4.69, 9.17) is 0 Å². The van der Waals surface area contributed by atoms with Gasteiger partial charge in [0.05, 0.1) is 0 Å². The van der Waals surface area contributed by atoms with E-state index in [1.807, 2.05) is 0 Å². The Kier molecular flexibility index (Phi) is 10.7. The van der Waals surface area contributed by atoms with Gasteiger partial charge in [0.2, 0.25) is 0 Å². The number of fused-ring (bicyclic) bond motifs is 3. The van der Waals surface area contributed by atoms with Crippen molar-refractivity contribution in [3.05, 3.63) is 203 Å². The van der Waals surface area contributed by atoms with Gasteiger partial charge >= 0.3 is 0 Å². The summed E-state index contributed by atoms with van der Waals surface area (Å²) in [5.74, 6) is 0. The molecule has 8 aromatic carbocycles. The summed E-state index contributed by atoms with van der Waals surface area (Å²) in [6, 6.07) is 61.1. The van der Waals surface area contributed by atoms with Gasteiger partial charge in [0.1, 0.15) is 0 Å². The highest BCUT2D eigenvalue weighted by Gasteiger charge is 2.02. The monoisotopic (exact) mass is 646 g/mol. The lowest BCUT2D eigenvalue weighted by atomic mass is 9.99. The average molecular weight is 647 g/mol. The molecule has 0 nitrogen and oxygen atoms in total. The fourth-order valence-corrected chi connectivity index (χ4v) is 6.15. The van der Waals surface area contributed by atoms with E-state index in [9.17, 15) is 0 Å².